The van der Waals surface area contributed by atoms with Crippen LogP contribution in [0.1, 0.15) is 21.5 Å². The number of carbonyl (C=O) groups excluding carboxylic acids is 1. The lowest BCUT2D eigenvalue weighted by atomic mass is 10.1. The van der Waals surface area contributed by atoms with Crippen molar-refractivity contribution in [3.05, 3.63) is 58.4 Å². The van der Waals surface area contributed by atoms with Crippen LogP contribution in [0, 0.1) is 28.9 Å². The standard InChI is InChI=1S/C23H26F3N3O5Si/c1-35(2,3)11-6-15-4-5-19(18(24)12-15)28-22-17(23(32)29-34-10-8-31)13-16(20(25)21(22)26)14-27-33-9-7-30/h4-5,12-14,28,30-31H,7-10H2,1-3H3,(H,29,32). The van der Waals surface area contributed by atoms with Gasteiger partial charge in [-0.2, -0.15) is 0 Å². The summed E-state index contributed by atoms with van der Waals surface area (Å²) in [4.78, 5) is 22.0. The molecule has 4 N–H and O–H groups in total. The van der Waals surface area contributed by atoms with E-state index < -0.39 is 54.9 Å². The minimum atomic E-state index is -1.69. The van der Waals surface area contributed by atoms with Gasteiger partial charge < -0.3 is 20.4 Å². The number of nitrogens with zero attached hydrogens (tertiary/aromatic N) is 1. The number of hydrogen-bond acceptors (Lipinski definition) is 7. The second-order valence-corrected chi connectivity index (χ2v) is 12.9. The predicted molar refractivity (Wildman–Crippen MR) is 127 cm³/mol. The van der Waals surface area contributed by atoms with E-state index in [1.54, 1.807) is 0 Å². The van der Waals surface area contributed by atoms with Gasteiger partial charge in [-0.15, -0.1) is 5.54 Å². The molecule has 0 heterocycles. The number of benzene rings is 2. The molecule has 0 bridgehead atoms. The third kappa shape index (κ3) is 8.41. The van der Waals surface area contributed by atoms with Gasteiger partial charge in [-0.25, -0.2) is 18.7 Å². The predicted octanol–water partition coefficient (Wildman–Crippen LogP) is 3.07. The van der Waals surface area contributed by atoms with Gasteiger partial charge in [0.1, 0.15) is 20.5 Å². The average molecular weight is 510 g/mol. The maximum Gasteiger partial charge on any atom is 0.277 e. The topological polar surface area (TPSA) is 112 Å². The molecular weight excluding hydrogens is 483 g/mol. The number of halogens is 3. The number of aliphatic hydroxyl groups is 2. The molecule has 2 aromatic carbocycles. The van der Waals surface area contributed by atoms with E-state index in [2.05, 4.69) is 26.8 Å². The Bertz CT molecular complexity index is 1140. The molecule has 1 amide bonds. The largest absolute Gasteiger partial charge is 0.394 e. The van der Waals surface area contributed by atoms with Crippen molar-refractivity contribution in [3.8, 4) is 11.5 Å². The lowest BCUT2D eigenvalue weighted by molar-refractivity contribution is 0.0168. The highest BCUT2D eigenvalue weighted by atomic mass is 28.3. The summed E-state index contributed by atoms with van der Waals surface area (Å²) in [6, 6.07) is 4.91. The first-order valence-electron chi connectivity index (χ1n) is 10.5. The summed E-state index contributed by atoms with van der Waals surface area (Å²) in [6.45, 7) is 4.92. The highest BCUT2D eigenvalue weighted by Gasteiger charge is 2.23. The molecule has 0 unspecified atom stereocenters. The van der Waals surface area contributed by atoms with E-state index in [9.17, 15) is 13.6 Å². The fraction of sp³-hybridized carbons (Fsp3) is 0.304. The summed E-state index contributed by atoms with van der Waals surface area (Å²) in [5.41, 5.74) is 3.74. The zero-order chi connectivity index (χ0) is 26.0. The molecule has 8 nitrogen and oxygen atoms in total. The van der Waals surface area contributed by atoms with Gasteiger partial charge in [0.15, 0.2) is 11.6 Å². The number of amides is 1. The normalized spacial score (nSPS) is 11.2. The number of aliphatic hydroxyl groups excluding tert-OH is 2. The Morgan fingerprint density at radius 1 is 1.11 bits per heavy atom. The fourth-order valence-electron chi connectivity index (χ4n) is 2.53. The van der Waals surface area contributed by atoms with E-state index in [-0.39, 0.29) is 25.5 Å². The highest BCUT2D eigenvalue weighted by molar-refractivity contribution is 6.83. The van der Waals surface area contributed by atoms with E-state index in [0.717, 1.165) is 18.3 Å². The molecule has 0 aliphatic heterocycles. The molecule has 188 valence electrons. The molecule has 35 heavy (non-hydrogen) atoms. The van der Waals surface area contributed by atoms with Gasteiger partial charge in [0.05, 0.1) is 43.0 Å². The molecule has 2 rings (SSSR count). The number of rotatable bonds is 10. The smallest absolute Gasteiger partial charge is 0.277 e. The lowest BCUT2D eigenvalue weighted by Gasteiger charge is -2.15. The zero-order valence-corrected chi connectivity index (χ0v) is 20.4. The van der Waals surface area contributed by atoms with E-state index >= 15 is 4.39 Å². The van der Waals surface area contributed by atoms with E-state index in [1.165, 1.54) is 12.1 Å². The molecule has 2 aromatic rings. The molecule has 0 atom stereocenters. The van der Waals surface area contributed by atoms with Crippen LogP contribution in [-0.4, -0.2) is 56.8 Å². The van der Waals surface area contributed by atoms with Crippen LogP contribution in [0.2, 0.25) is 19.6 Å². The molecule has 0 saturated heterocycles. The summed E-state index contributed by atoms with van der Waals surface area (Å²) in [6.07, 6.45) is 0.815. The number of hydroxylamine groups is 1. The number of anilines is 2. The summed E-state index contributed by atoms with van der Waals surface area (Å²) in [5.74, 6) is -1.75. The molecule has 0 fully saturated rings. The van der Waals surface area contributed by atoms with Crippen LogP contribution < -0.4 is 10.8 Å². The van der Waals surface area contributed by atoms with E-state index in [0.29, 0.717) is 5.56 Å². The Morgan fingerprint density at radius 3 is 2.46 bits per heavy atom. The van der Waals surface area contributed by atoms with Crippen molar-refractivity contribution < 1.29 is 37.9 Å². The van der Waals surface area contributed by atoms with Crippen LogP contribution in [0.25, 0.3) is 0 Å². The van der Waals surface area contributed by atoms with Crippen LogP contribution in [0.3, 0.4) is 0 Å². The quantitative estimate of drug-likeness (QED) is 0.129. The number of hydrogen-bond donors (Lipinski definition) is 4. The van der Waals surface area contributed by atoms with Gasteiger partial charge in [-0.3, -0.25) is 9.63 Å². The molecular formula is C23H26F3N3O5Si. The monoisotopic (exact) mass is 509 g/mol. The average Bonchev–Trinajstić information content (AvgIpc) is 2.80. The summed E-state index contributed by atoms with van der Waals surface area (Å²) < 4.78 is 44.4. The summed E-state index contributed by atoms with van der Waals surface area (Å²) in [5, 5.41) is 23.3. The molecule has 0 aliphatic carbocycles. The summed E-state index contributed by atoms with van der Waals surface area (Å²) in [7, 11) is -1.69. The van der Waals surface area contributed by atoms with Gasteiger partial charge in [-0.05, 0) is 24.3 Å². The zero-order valence-electron chi connectivity index (χ0n) is 19.4. The van der Waals surface area contributed by atoms with Crippen LogP contribution in [0.4, 0.5) is 24.5 Å². The molecule has 0 aliphatic rings. The number of oxime groups is 1. The SMILES string of the molecule is C[Si](C)(C)C#Cc1ccc(Nc2c(C(=O)NOCCO)cc(C=NOCCO)c(F)c2F)c(F)c1. The molecule has 12 heteroatoms. The summed E-state index contributed by atoms with van der Waals surface area (Å²) >= 11 is 0. The first-order valence-corrected chi connectivity index (χ1v) is 14.0. The second kappa shape index (κ2) is 12.9. The van der Waals surface area contributed by atoms with Gasteiger partial charge in [-0.1, -0.05) is 30.7 Å². The Kier molecular flexibility index (Phi) is 10.3. The minimum Gasteiger partial charge on any atom is -0.394 e. The molecule has 0 aromatic heterocycles. The van der Waals surface area contributed by atoms with Crippen LogP contribution in [0.5, 0.6) is 0 Å². The Labute approximate surface area is 201 Å². The lowest BCUT2D eigenvalue weighted by Crippen LogP contribution is -2.26. The fourth-order valence-corrected chi connectivity index (χ4v) is 3.05. The Balaban J connectivity index is 2.47. The van der Waals surface area contributed by atoms with Crippen molar-refractivity contribution in [2.24, 2.45) is 5.16 Å². The molecule has 0 spiro atoms. The Morgan fingerprint density at radius 2 is 1.83 bits per heavy atom. The minimum absolute atomic E-state index is 0.180. The number of nitrogens with one attached hydrogen (secondary N) is 2. The highest BCUT2D eigenvalue weighted by Crippen LogP contribution is 2.30. The molecule has 0 radical (unpaired) electrons. The van der Waals surface area contributed by atoms with Crippen LogP contribution >= 0.6 is 0 Å². The van der Waals surface area contributed by atoms with Crippen LogP contribution in [-0.2, 0) is 9.68 Å². The maximum absolute atomic E-state index is 15.0. The van der Waals surface area contributed by atoms with Gasteiger partial charge >= 0.3 is 0 Å². The first kappa shape index (κ1) is 27.9. The van der Waals surface area contributed by atoms with Gasteiger partial charge in [0.25, 0.3) is 5.91 Å². The van der Waals surface area contributed by atoms with Crippen molar-refractivity contribution in [3.63, 3.8) is 0 Å². The third-order valence-corrected chi connectivity index (χ3v) is 4.97. The van der Waals surface area contributed by atoms with Crippen molar-refractivity contribution in [2.45, 2.75) is 19.6 Å². The van der Waals surface area contributed by atoms with Crippen molar-refractivity contribution >= 4 is 31.6 Å². The Hall–Kier alpha value is -3.37. The van der Waals surface area contributed by atoms with E-state index in [4.69, 9.17) is 15.1 Å². The van der Waals surface area contributed by atoms with Gasteiger partial charge in [0.2, 0.25) is 0 Å². The number of carbonyl (C=O) groups is 1. The second-order valence-electron chi connectivity index (χ2n) is 8.13. The van der Waals surface area contributed by atoms with E-state index in [1.807, 2.05) is 25.1 Å². The third-order valence-electron chi connectivity index (χ3n) is 4.10. The van der Waals surface area contributed by atoms with Crippen molar-refractivity contribution in [2.75, 3.05) is 31.7 Å². The van der Waals surface area contributed by atoms with Crippen molar-refractivity contribution in [1.82, 2.24) is 5.48 Å². The van der Waals surface area contributed by atoms with Crippen LogP contribution in [0.15, 0.2) is 29.4 Å². The molecule has 0 saturated carbocycles. The maximum atomic E-state index is 15.0. The first-order chi connectivity index (χ1) is 16.6. The van der Waals surface area contributed by atoms with Gasteiger partial charge in [0, 0.05) is 11.1 Å². The van der Waals surface area contributed by atoms with Crippen molar-refractivity contribution in [1.29, 1.82) is 0 Å².